The minimum absolute atomic E-state index is 0.152. The molecule has 1 heterocycles. The average Bonchev–Trinajstić information content (AvgIpc) is 2.61. The maximum atomic E-state index is 11.3. The van der Waals surface area contributed by atoms with E-state index in [0.717, 1.165) is 15.4 Å². The van der Waals surface area contributed by atoms with Crippen LogP contribution in [-0.2, 0) is 16.1 Å². The van der Waals surface area contributed by atoms with Gasteiger partial charge in [-0.05, 0) is 25.1 Å². The molecule has 1 aromatic heterocycles. The first-order chi connectivity index (χ1) is 7.70. The summed E-state index contributed by atoms with van der Waals surface area (Å²) < 4.78 is 7.51. The Morgan fingerprint density at radius 3 is 3.12 bits per heavy atom. The lowest BCUT2D eigenvalue weighted by atomic mass is 10.2. The van der Waals surface area contributed by atoms with E-state index >= 15 is 0 Å². The number of halogens is 1. The monoisotopic (exact) mass is 282 g/mol. The second kappa shape index (κ2) is 4.65. The number of carbonyl (C=O) groups excluding carboxylic acids is 1. The molecule has 84 valence electrons. The van der Waals surface area contributed by atoms with Gasteiger partial charge in [-0.1, -0.05) is 15.9 Å². The van der Waals surface area contributed by atoms with Crippen molar-refractivity contribution in [3.05, 3.63) is 28.9 Å². The lowest BCUT2D eigenvalue weighted by molar-refractivity contribution is -0.143. The van der Waals surface area contributed by atoms with Crippen LogP contribution < -0.4 is 0 Å². The number of hydrogen-bond acceptors (Lipinski definition) is 3. The van der Waals surface area contributed by atoms with Gasteiger partial charge in [-0.15, -0.1) is 0 Å². The van der Waals surface area contributed by atoms with E-state index in [1.165, 1.54) is 0 Å². The Hall–Kier alpha value is -1.36. The first-order valence-electron chi connectivity index (χ1n) is 4.97. The lowest BCUT2D eigenvalue weighted by Gasteiger charge is -2.03. The molecular weight excluding hydrogens is 272 g/mol. The van der Waals surface area contributed by atoms with Crippen molar-refractivity contribution < 1.29 is 9.53 Å². The predicted molar refractivity (Wildman–Crippen MR) is 64.1 cm³/mol. The van der Waals surface area contributed by atoms with Gasteiger partial charge < -0.3 is 4.74 Å². The van der Waals surface area contributed by atoms with Crippen LogP contribution in [0.25, 0.3) is 10.9 Å². The van der Waals surface area contributed by atoms with Crippen LogP contribution >= 0.6 is 15.9 Å². The number of esters is 1. The second-order valence-electron chi connectivity index (χ2n) is 3.31. The summed E-state index contributed by atoms with van der Waals surface area (Å²) in [6.07, 6.45) is 1.74. The zero-order valence-corrected chi connectivity index (χ0v) is 10.4. The zero-order valence-electron chi connectivity index (χ0n) is 8.81. The van der Waals surface area contributed by atoms with E-state index in [0.29, 0.717) is 6.61 Å². The molecule has 0 saturated carbocycles. The Morgan fingerprint density at radius 1 is 1.56 bits per heavy atom. The molecule has 2 rings (SSSR count). The minimum Gasteiger partial charge on any atom is -0.465 e. The van der Waals surface area contributed by atoms with Gasteiger partial charge in [-0.25, -0.2) is 0 Å². The first-order valence-corrected chi connectivity index (χ1v) is 5.76. The lowest BCUT2D eigenvalue weighted by Crippen LogP contribution is -2.14. The van der Waals surface area contributed by atoms with Gasteiger partial charge in [0.25, 0.3) is 0 Å². The Labute approximate surface area is 101 Å². The van der Waals surface area contributed by atoms with E-state index in [-0.39, 0.29) is 12.5 Å². The summed E-state index contributed by atoms with van der Waals surface area (Å²) in [6.45, 7) is 2.33. The van der Waals surface area contributed by atoms with E-state index in [1.807, 2.05) is 18.2 Å². The van der Waals surface area contributed by atoms with Crippen LogP contribution in [0.5, 0.6) is 0 Å². The third-order valence-electron chi connectivity index (χ3n) is 2.19. The summed E-state index contributed by atoms with van der Waals surface area (Å²) in [5, 5.41) is 5.15. The molecule has 0 fully saturated rings. The average molecular weight is 283 g/mol. The van der Waals surface area contributed by atoms with Crippen molar-refractivity contribution in [2.45, 2.75) is 13.5 Å². The number of ether oxygens (including phenoxy) is 1. The maximum Gasteiger partial charge on any atom is 0.327 e. The first kappa shape index (κ1) is 11.1. The number of fused-ring (bicyclic) bond motifs is 1. The molecule has 5 heteroatoms. The SMILES string of the molecule is CCOC(=O)Cn1ncc2cc(Br)ccc21. The van der Waals surface area contributed by atoms with Crippen LogP contribution in [0, 0.1) is 0 Å². The molecule has 0 bridgehead atoms. The van der Waals surface area contributed by atoms with E-state index in [4.69, 9.17) is 4.74 Å². The van der Waals surface area contributed by atoms with Crippen LogP contribution in [0.15, 0.2) is 28.9 Å². The number of hydrogen-bond donors (Lipinski definition) is 0. The highest BCUT2D eigenvalue weighted by Crippen LogP contribution is 2.19. The highest BCUT2D eigenvalue weighted by Gasteiger charge is 2.07. The normalized spacial score (nSPS) is 10.6. The summed E-state index contributed by atoms with van der Waals surface area (Å²) >= 11 is 3.39. The van der Waals surface area contributed by atoms with Crippen molar-refractivity contribution in [1.29, 1.82) is 0 Å². The summed E-state index contributed by atoms with van der Waals surface area (Å²) in [6, 6.07) is 5.81. The van der Waals surface area contributed by atoms with Gasteiger partial charge >= 0.3 is 5.97 Å². The quantitative estimate of drug-likeness (QED) is 0.812. The fraction of sp³-hybridized carbons (Fsp3) is 0.273. The highest BCUT2D eigenvalue weighted by molar-refractivity contribution is 9.10. The summed E-state index contributed by atoms with van der Waals surface area (Å²) in [7, 11) is 0. The molecular formula is C11H11BrN2O2. The number of benzene rings is 1. The number of aromatic nitrogens is 2. The van der Waals surface area contributed by atoms with Crippen molar-refractivity contribution in [2.75, 3.05) is 6.61 Å². The molecule has 0 aliphatic rings. The molecule has 0 saturated heterocycles. The predicted octanol–water partition coefficient (Wildman–Crippen LogP) is 2.36. The molecule has 0 radical (unpaired) electrons. The standard InChI is InChI=1S/C11H11BrN2O2/c1-2-16-11(15)7-14-10-4-3-9(12)5-8(10)6-13-14/h3-6H,2,7H2,1H3. The van der Waals surface area contributed by atoms with Crippen molar-refractivity contribution in [3.8, 4) is 0 Å². The van der Waals surface area contributed by atoms with Gasteiger partial charge in [0.2, 0.25) is 0 Å². The molecule has 1 aromatic carbocycles. The third-order valence-corrected chi connectivity index (χ3v) is 2.68. The molecule has 4 nitrogen and oxygen atoms in total. The van der Waals surface area contributed by atoms with Crippen molar-refractivity contribution in [2.24, 2.45) is 0 Å². The van der Waals surface area contributed by atoms with Gasteiger partial charge in [-0.3, -0.25) is 9.48 Å². The van der Waals surface area contributed by atoms with Crippen LogP contribution in [0.2, 0.25) is 0 Å². The molecule has 0 aliphatic heterocycles. The molecule has 0 unspecified atom stereocenters. The number of rotatable bonds is 3. The smallest absolute Gasteiger partial charge is 0.327 e. The van der Waals surface area contributed by atoms with E-state index in [9.17, 15) is 4.79 Å². The van der Waals surface area contributed by atoms with Crippen LogP contribution in [0.4, 0.5) is 0 Å². The molecule has 0 aliphatic carbocycles. The van der Waals surface area contributed by atoms with Gasteiger partial charge in [0.1, 0.15) is 6.54 Å². The van der Waals surface area contributed by atoms with Crippen LogP contribution in [-0.4, -0.2) is 22.4 Å². The highest BCUT2D eigenvalue weighted by atomic mass is 79.9. The second-order valence-corrected chi connectivity index (χ2v) is 4.23. The van der Waals surface area contributed by atoms with Gasteiger partial charge in [0.15, 0.2) is 0 Å². The maximum absolute atomic E-state index is 11.3. The van der Waals surface area contributed by atoms with Crippen LogP contribution in [0.3, 0.4) is 0 Å². The topological polar surface area (TPSA) is 44.1 Å². The van der Waals surface area contributed by atoms with Crippen molar-refractivity contribution in [1.82, 2.24) is 9.78 Å². The Bertz CT molecular complexity index is 522. The largest absolute Gasteiger partial charge is 0.465 e. The van der Waals surface area contributed by atoms with E-state index < -0.39 is 0 Å². The molecule has 16 heavy (non-hydrogen) atoms. The minimum atomic E-state index is -0.268. The van der Waals surface area contributed by atoms with Crippen molar-refractivity contribution >= 4 is 32.8 Å². The molecule has 0 N–H and O–H groups in total. The van der Waals surface area contributed by atoms with Gasteiger partial charge in [-0.2, -0.15) is 5.10 Å². The summed E-state index contributed by atoms with van der Waals surface area (Å²) in [5.74, 6) is -0.268. The Balaban J connectivity index is 2.28. The molecule has 2 aromatic rings. The molecule has 0 atom stereocenters. The molecule has 0 amide bonds. The van der Waals surface area contributed by atoms with Gasteiger partial charge in [0.05, 0.1) is 18.3 Å². The van der Waals surface area contributed by atoms with E-state index in [2.05, 4.69) is 21.0 Å². The van der Waals surface area contributed by atoms with Crippen molar-refractivity contribution in [3.63, 3.8) is 0 Å². The number of carbonyl (C=O) groups is 1. The zero-order chi connectivity index (χ0) is 11.5. The fourth-order valence-corrected chi connectivity index (χ4v) is 1.89. The molecule has 0 spiro atoms. The van der Waals surface area contributed by atoms with Crippen LogP contribution in [0.1, 0.15) is 6.92 Å². The van der Waals surface area contributed by atoms with Gasteiger partial charge in [0, 0.05) is 9.86 Å². The Kier molecular flexibility index (Phi) is 3.24. The third kappa shape index (κ3) is 2.24. The Morgan fingerprint density at radius 2 is 2.38 bits per heavy atom. The number of nitrogens with zero attached hydrogens (tertiary/aromatic N) is 2. The fourth-order valence-electron chi connectivity index (χ4n) is 1.51. The summed E-state index contributed by atoms with van der Waals surface area (Å²) in [4.78, 5) is 11.3. The van der Waals surface area contributed by atoms with E-state index in [1.54, 1.807) is 17.8 Å². The summed E-state index contributed by atoms with van der Waals surface area (Å²) in [5.41, 5.74) is 0.927.